The minimum Gasteiger partial charge on any atom is -0.325 e. The number of benzene rings is 2. The Hall–Kier alpha value is -2.36. The van der Waals surface area contributed by atoms with Crippen LogP contribution in [-0.2, 0) is 34.9 Å². The smallest absolute Gasteiger partial charge is 0.243 e. The molecule has 0 bridgehead atoms. The predicted molar refractivity (Wildman–Crippen MR) is 167 cm³/mol. The third-order valence-corrected chi connectivity index (χ3v) is 14.5. The van der Waals surface area contributed by atoms with Gasteiger partial charge >= 0.3 is 0 Å². The van der Waals surface area contributed by atoms with Crippen LogP contribution >= 0.6 is 0 Å². The van der Waals surface area contributed by atoms with Gasteiger partial charge < -0.3 is 5.32 Å². The first kappa shape index (κ1) is 33.0. The monoisotopic (exact) mass is 666 g/mol. The van der Waals surface area contributed by atoms with Gasteiger partial charge in [0.2, 0.25) is 36.0 Å². The summed E-state index contributed by atoms with van der Waals surface area (Å²) < 4.78 is 84.1. The van der Waals surface area contributed by atoms with Gasteiger partial charge in [0.05, 0.1) is 21.2 Å². The highest BCUT2D eigenvalue weighted by molar-refractivity contribution is 7.89. The lowest BCUT2D eigenvalue weighted by Gasteiger charge is -2.33. The van der Waals surface area contributed by atoms with E-state index < -0.39 is 42.5 Å². The molecular weight excluding hydrogens is 625 g/mol. The normalized spacial score (nSPS) is 20.0. The van der Waals surface area contributed by atoms with Crippen molar-refractivity contribution in [3.63, 3.8) is 0 Å². The first-order chi connectivity index (χ1) is 21.0. The number of hydrogen-bond acceptors (Lipinski definition) is 7. The predicted octanol–water partition coefficient (Wildman–Crippen LogP) is 4.00. The van der Waals surface area contributed by atoms with Crippen LogP contribution in [0.3, 0.4) is 0 Å². The van der Waals surface area contributed by atoms with Gasteiger partial charge in [0.15, 0.2) is 0 Å². The lowest BCUT2D eigenvalue weighted by Crippen LogP contribution is -2.45. The van der Waals surface area contributed by atoms with Gasteiger partial charge in [-0.2, -0.15) is 12.9 Å². The highest BCUT2D eigenvalue weighted by Crippen LogP contribution is 2.29. The number of carbonyl (C=O) groups is 1. The van der Waals surface area contributed by atoms with Gasteiger partial charge in [-0.25, -0.2) is 25.3 Å². The van der Waals surface area contributed by atoms with Crippen LogP contribution in [0.25, 0.3) is 0 Å². The molecule has 11 nitrogen and oxygen atoms in total. The summed E-state index contributed by atoms with van der Waals surface area (Å²) >= 11 is 0. The summed E-state index contributed by atoms with van der Waals surface area (Å²) in [5.74, 6) is -0.546. The molecule has 2 saturated heterocycles. The molecule has 242 valence electrons. The topological polar surface area (TPSA) is 141 Å². The third-order valence-electron chi connectivity index (χ3n) is 8.76. The Bertz CT molecular complexity index is 1610. The fraction of sp³-hybridized carbons (Fsp3) is 0.567. The van der Waals surface area contributed by atoms with Crippen LogP contribution < -0.4 is 5.32 Å². The number of nitrogens with one attached hydrogen (secondary N) is 1. The standard InChI is InChI=1S/C30H42N4O7S3/c35-30(31-25-12-14-27(15-13-25)42(36,37)32-20-6-2-7-21-32)24-34(26-10-4-1-5-11-26)44(40,41)29-18-16-28(17-19-29)43(38,39)33-22-8-3-9-23-33/h12-19,26H,1-11,20-24H2,(H,31,35). The second kappa shape index (κ2) is 14.0. The van der Waals surface area contributed by atoms with Gasteiger partial charge in [-0.15, -0.1) is 0 Å². The molecule has 2 aromatic rings. The average molecular weight is 667 g/mol. The number of amides is 1. The first-order valence-electron chi connectivity index (χ1n) is 15.5. The third kappa shape index (κ3) is 7.37. The largest absolute Gasteiger partial charge is 0.325 e. The summed E-state index contributed by atoms with van der Waals surface area (Å²) in [4.78, 5) is 13.3. The van der Waals surface area contributed by atoms with Gasteiger partial charge in [-0.05, 0) is 87.1 Å². The lowest BCUT2D eigenvalue weighted by atomic mass is 9.95. The van der Waals surface area contributed by atoms with E-state index in [1.165, 1.54) is 61.4 Å². The Morgan fingerprint density at radius 1 is 0.614 bits per heavy atom. The van der Waals surface area contributed by atoms with E-state index in [-0.39, 0.29) is 20.7 Å². The summed E-state index contributed by atoms with van der Waals surface area (Å²) in [5.41, 5.74) is 0.362. The molecule has 3 aliphatic rings. The number of hydrogen-bond donors (Lipinski definition) is 1. The molecule has 0 spiro atoms. The van der Waals surface area contributed by atoms with E-state index >= 15 is 0 Å². The molecule has 0 atom stereocenters. The quantitative estimate of drug-likeness (QED) is 0.404. The molecule has 0 unspecified atom stereocenters. The zero-order valence-corrected chi connectivity index (χ0v) is 27.4. The molecule has 1 N–H and O–H groups in total. The lowest BCUT2D eigenvalue weighted by molar-refractivity contribution is -0.116. The summed E-state index contributed by atoms with van der Waals surface area (Å²) in [6.07, 6.45) is 9.18. The second-order valence-electron chi connectivity index (χ2n) is 11.8. The maximum Gasteiger partial charge on any atom is 0.243 e. The van der Waals surface area contributed by atoms with Gasteiger partial charge in [-0.3, -0.25) is 4.79 Å². The molecule has 1 amide bonds. The molecule has 0 radical (unpaired) electrons. The zero-order chi connectivity index (χ0) is 31.4. The van der Waals surface area contributed by atoms with Crippen molar-refractivity contribution in [3.8, 4) is 0 Å². The molecule has 1 saturated carbocycles. The summed E-state index contributed by atoms with van der Waals surface area (Å²) in [6.45, 7) is 1.45. The van der Waals surface area contributed by atoms with E-state index in [2.05, 4.69) is 5.32 Å². The molecule has 0 aromatic heterocycles. The molecule has 2 heterocycles. The zero-order valence-electron chi connectivity index (χ0n) is 24.9. The number of rotatable bonds is 10. The van der Waals surface area contributed by atoms with Crippen LogP contribution in [0, 0.1) is 0 Å². The van der Waals surface area contributed by atoms with Gasteiger partial charge in [0, 0.05) is 37.9 Å². The number of sulfonamides is 3. The van der Waals surface area contributed by atoms with Crippen molar-refractivity contribution in [1.82, 2.24) is 12.9 Å². The number of piperidine rings is 2. The molecular formula is C30H42N4O7S3. The maximum atomic E-state index is 13.9. The van der Waals surface area contributed by atoms with Crippen molar-refractivity contribution in [2.24, 2.45) is 0 Å². The Balaban J connectivity index is 1.31. The van der Waals surface area contributed by atoms with Crippen molar-refractivity contribution in [1.29, 1.82) is 0 Å². The Morgan fingerprint density at radius 2 is 1.02 bits per heavy atom. The van der Waals surface area contributed by atoms with E-state index in [0.717, 1.165) is 57.8 Å². The van der Waals surface area contributed by atoms with Gasteiger partial charge in [0.25, 0.3) is 0 Å². The van der Waals surface area contributed by atoms with Crippen LogP contribution in [0.2, 0.25) is 0 Å². The molecule has 44 heavy (non-hydrogen) atoms. The average Bonchev–Trinajstić information content (AvgIpc) is 3.05. The highest BCUT2D eigenvalue weighted by Gasteiger charge is 2.35. The number of anilines is 1. The van der Waals surface area contributed by atoms with Gasteiger partial charge in [-0.1, -0.05) is 32.1 Å². The molecule has 14 heteroatoms. The summed E-state index contributed by atoms with van der Waals surface area (Å²) in [7, 11) is -11.5. The first-order valence-corrected chi connectivity index (χ1v) is 19.8. The Labute approximate surface area is 261 Å². The molecule has 2 aliphatic heterocycles. The molecule has 1 aliphatic carbocycles. The van der Waals surface area contributed by atoms with Crippen molar-refractivity contribution in [2.75, 3.05) is 38.0 Å². The van der Waals surface area contributed by atoms with Crippen LogP contribution in [-0.4, -0.2) is 82.8 Å². The van der Waals surface area contributed by atoms with Crippen LogP contribution in [0.1, 0.15) is 70.6 Å². The maximum absolute atomic E-state index is 13.9. The SMILES string of the molecule is O=C(CN(C1CCCCC1)S(=O)(=O)c1ccc(S(=O)(=O)N2CCCCC2)cc1)Nc1ccc(S(=O)(=O)N2CCCCC2)cc1. The minimum absolute atomic E-state index is 0.0473. The molecule has 2 aromatic carbocycles. The second-order valence-corrected chi connectivity index (χ2v) is 17.6. The summed E-state index contributed by atoms with van der Waals surface area (Å²) in [5, 5.41) is 2.72. The van der Waals surface area contributed by atoms with Crippen molar-refractivity contribution >= 4 is 41.7 Å². The van der Waals surface area contributed by atoms with E-state index in [9.17, 15) is 30.0 Å². The van der Waals surface area contributed by atoms with Crippen LogP contribution in [0.4, 0.5) is 5.69 Å². The Kier molecular flexibility index (Phi) is 10.5. The van der Waals surface area contributed by atoms with Crippen LogP contribution in [0.15, 0.2) is 63.2 Å². The van der Waals surface area contributed by atoms with E-state index in [1.54, 1.807) is 0 Å². The van der Waals surface area contributed by atoms with Crippen LogP contribution in [0.5, 0.6) is 0 Å². The van der Waals surface area contributed by atoms with Crippen molar-refractivity contribution in [2.45, 2.75) is 91.4 Å². The minimum atomic E-state index is -4.13. The fourth-order valence-electron chi connectivity index (χ4n) is 6.26. The Morgan fingerprint density at radius 3 is 1.50 bits per heavy atom. The fourth-order valence-corrected chi connectivity index (χ4v) is 10.9. The summed E-state index contributed by atoms with van der Waals surface area (Å²) in [6, 6.07) is 10.8. The van der Waals surface area contributed by atoms with Crippen molar-refractivity contribution < 1.29 is 30.0 Å². The molecule has 3 fully saturated rings. The number of carbonyl (C=O) groups excluding carboxylic acids is 1. The van der Waals surface area contributed by atoms with E-state index in [0.29, 0.717) is 44.7 Å². The van der Waals surface area contributed by atoms with Crippen molar-refractivity contribution in [3.05, 3.63) is 48.5 Å². The molecule has 5 rings (SSSR count). The number of nitrogens with zero attached hydrogens (tertiary/aromatic N) is 3. The highest BCUT2D eigenvalue weighted by atomic mass is 32.2. The van der Waals surface area contributed by atoms with E-state index in [4.69, 9.17) is 0 Å². The van der Waals surface area contributed by atoms with E-state index in [1.807, 2.05) is 0 Å². The van der Waals surface area contributed by atoms with Gasteiger partial charge in [0.1, 0.15) is 0 Å².